The molecule has 0 N–H and O–H groups in total. The van der Waals surface area contributed by atoms with Crippen LogP contribution in [-0.4, -0.2) is 6.16 Å². The van der Waals surface area contributed by atoms with E-state index < -0.39 is 6.16 Å². The lowest BCUT2D eigenvalue weighted by atomic mass is 10.1. The number of aryl methyl sites for hydroxylation is 2. The standard InChI is InChI=1S/C19H22O3/c1-5-15-13(3)9-7-11-17(15)21-19(20)22-18-12-8-10-14(4)16(18)6-2/h7-12H,5-6H2,1-4H3. The first-order valence-electron chi connectivity index (χ1n) is 7.63. The molecule has 0 saturated heterocycles. The molecular formula is C19H22O3. The Bertz CT molecular complexity index is 617. The predicted molar refractivity (Wildman–Crippen MR) is 87.8 cm³/mol. The Balaban J connectivity index is 2.18. The molecule has 2 aromatic carbocycles. The van der Waals surface area contributed by atoms with Crippen molar-refractivity contribution >= 4 is 6.16 Å². The SMILES string of the molecule is CCc1c(C)cccc1OC(=O)Oc1cccc(C)c1CC. The van der Waals surface area contributed by atoms with Gasteiger partial charge in [-0.2, -0.15) is 0 Å². The molecule has 0 unspecified atom stereocenters. The number of carbonyl (C=O) groups excluding carboxylic acids is 1. The van der Waals surface area contributed by atoms with E-state index in [0.717, 1.165) is 35.1 Å². The fourth-order valence-electron chi connectivity index (χ4n) is 2.65. The Morgan fingerprint density at radius 1 is 0.818 bits per heavy atom. The van der Waals surface area contributed by atoms with Crippen LogP contribution in [0, 0.1) is 13.8 Å². The quantitative estimate of drug-likeness (QED) is 0.588. The molecule has 3 nitrogen and oxygen atoms in total. The van der Waals surface area contributed by atoms with Gasteiger partial charge in [0.1, 0.15) is 11.5 Å². The summed E-state index contributed by atoms with van der Waals surface area (Å²) in [5, 5.41) is 0. The fraction of sp³-hybridized carbons (Fsp3) is 0.316. The van der Waals surface area contributed by atoms with Crippen molar-refractivity contribution in [1.29, 1.82) is 0 Å². The Kier molecular flexibility index (Phi) is 5.21. The van der Waals surface area contributed by atoms with Gasteiger partial charge in [0, 0.05) is 0 Å². The van der Waals surface area contributed by atoms with Crippen LogP contribution in [0.2, 0.25) is 0 Å². The first-order valence-corrected chi connectivity index (χ1v) is 7.63. The Labute approximate surface area is 131 Å². The van der Waals surface area contributed by atoms with Crippen molar-refractivity contribution in [3.63, 3.8) is 0 Å². The summed E-state index contributed by atoms with van der Waals surface area (Å²) in [6, 6.07) is 11.4. The number of hydrogen-bond donors (Lipinski definition) is 0. The van der Waals surface area contributed by atoms with Gasteiger partial charge in [-0.05, 0) is 61.1 Å². The minimum atomic E-state index is -0.694. The highest BCUT2D eigenvalue weighted by atomic mass is 16.7. The lowest BCUT2D eigenvalue weighted by Gasteiger charge is -2.13. The van der Waals surface area contributed by atoms with Crippen LogP contribution < -0.4 is 9.47 Å². The van der Waals surface area contributed by atoms with E-state index in [4.69, 9.17) is 9.47 Å². The van der Waals surface area contributed by atoms with E-state index in [9.17, 15) is 4.79 Å². The van der Waals surface area contributed by atoms with Gasteiger partial charge in [0.25, 0.3) is 0 Å². The highest BCUT2D eigenvalue weighted by Crippen LogP contribution is 2.25. The van der Waals surface area contributed by atoms with Crippen molar-refractivity contribution in [2.75, 3.05) is 0 Å². The van der Waals surface area contributed by atoms with Crippen molar-refractivity contribution in [3.05, 3.63) is 58.7 Å². The minimum Gasteiger partial charge on any atom is -0.394 e. The van der Waals surface area contributed by atoms with Crippen LogP contribution >= 0.6 is 0 Å². The van der Waals surface area contributed by atoms with Crippen molar-refractivity contribution < 1.29 is 14.3 Å². The predicted octanol–water partition coefficient (Wildman–Crippen LogP) is 5.01. The molecule has 2 aromatic rings. The lowest BCUT2D eigenvalue weighted by Crippen LogP contribution is -2.16. The molecule has 0 radical (unpaired) electrons. The molecule has 22 heavy (non-hydrogen) atoms. The summed E-state index contributed by atoms with van der Waals surface area (Å²) in [5.41, 5.74) is 4.27. The number of ether oxygens (including phenoxy) is 2. The number of carbonyl (C=O) groups is 1. The molecule has 2 rings (SSSR count). The first-order chi connectivity index (χ1) is 10.6. The smallest absolute Gasteiger partial charge is 0.394 e. The molecule has 0 fully saturated rings. The van der Waals surface area contributed by atoms with E-state index in [0.29, 0.717) is 11.5 Å². The Hall–Kier alpha value is -2.29. The van der Waals surface area contributed by atoms with Crippen LogP contribution in [0.5, 0.6) is 11.5 Å². The molecule has 3 heteroatoms. The molecule has 0 saturated carbocycles. The number of rotatable bonds is 4. The summed E-state index contributed by atoms with van der Waals surface area (Å²) >= 11 is 0. The van der Waals surface area contributed by atoms with Crippen molar-refractivity contribution in [3.8, 4) is 11.5 Å². The maximum absolute atomic E-state index is 12.1. The zero-order chi connectivity index (χ0) is 16.1. The van der Waals surface area contributed by atoms with Gasteiger partial charge in [-0.15, -0.1) is 0 Å². The average molecular weight is 298 g/mol. The van der Waals surface area contributed by atoms with Gasteiger partial charge in [-0.25, -0.2) is 4.79 Å². The molecular weight excluding hydrogens is 276 g/mol. The molecule has 0 aliphatic heterocycles. The highest BCUT2D eigenvalue weighted by molar-refractivity contribution is 5.68. The van der Waals surface area contributed by atoms with Crippen LogP contribution in [0.1, 0.15) is 36.1 Å². The van der Waals surface area contributed by atoms with Gasteiger partial charge in [-0.3, -0.25) is 0 Å². The van der Waals surface area contributed by atoms with E-state index in [1.54, 1.807) is 12.1 Å². The number of benzene rings is 2. The molecule has 0 aromatic heterocycles. The topological polar surface area (TPSA) is 35.5 Å². The van der Waals surface area contributed by atoms with Crippen molar-refractivity contribution in [2.24, 2.45) is 0 Å². The summed E-state index contributed by atoms with van der Waals surface area (Å²) in [4.78, 5) is 12.1. The summed E-state index contributed by atoms with van der Waals surface area (Å²) in [7, 11) is 0. The molecule has 0 atom stereocenters. The third-order valence-electron chi connectivity index (χ3n) is 3.83. The molecule has 0 amide bonds. The molecule has 116 valence electrons. The minimum absolute atomic E-state index is 0.568. The molecule has 0 heterocycles. The van der Waals surface area contributed by atoms with Crippen molar-refractivity contribution in [1.82, 2.24) is 0 Å². The van der Waals surface area contributed by atoms with E-state index in [1.165, 1.54) is 0 Å². The summed E-state index contributed by atoms with van der Waals surface area (Å²) < 4.78 is 10.8. The molecule has 0 spiro atoms. The third kappa shape index (κ3) is 3.48. The molecule has 0 aliphatic carbocycles. The average Bonchev–Trinajstić information content (AvgIpc) is 2.47. The van der Waals surface area contributed by atoms with E-state index in [-0.39, 0.29) is 0 Å². The maximum Gasteiger partial charge on any atom is 0.519 e. The van der Waals surface area contributed by atoms with Crippen LogP contribution in [0.15, 0.2) is 36.4 Å². The van der Waals surface area contributed by atoms with E-state index in [2.05, 4.69) is 0 Å². The Morgan fingerprint density at radius 2 is 1.23 bits per heavy atom. The summed E-state index contributed by atoms with van der Waals surface area (Å²) in [6.45, 7) is 8.09. The van der Waals surface area contributed by atoms with Gasteiger partial charge in [0.2, 0.25) is 0 Å². The lowest BCUT2D eigenvalue weighted by molar-refractivity contribution is 0.151. The second kappa shape index (κ2) is 7.12. The van der Waals surface area contributed by atoms with Gasteiger partial charge in [0.15, 0.2) is 0 Å². The van der Waals surface area contributed by atoms with Gasteiger partial charge >= 0.3 is 6.16 Å². The van der Waals surface area contributed by atoms with Gasteiger partial charge in [0.05, 0.1) is 0 Å². The normalized spacial score (nSPS) is 10.4. The van der Waals surface area contributed by atoms with E-state index >= 15 is 0 Å². The second-order valence-electron chi connectivity index (χ2n) is 5.26. The van der Waals surface area contributed by atoms with Gasteiger partial charge in [-0.1, -0.05) is 38.1 Å². The largest absolute Gasteiger partial charge is 0.519 e. The molecule has 0 aliphatic rings. The van der Waals surface area contributed by atoms with E-state index in [1.807, 2.05) is 52.0 Å². The summed E-state index contributed by atoms with van der Waals surface area (Å²) in [6.07, 6.45) is 0.917. The second-order valence-corrected chi connectivity index (χ2v) is 5.26. The van der Waals surface area contributed by atoms with Crippen LogP contribution in [0.4, 0.5) is 4.79 Å². The zero-order valence-corrected chi connectivity index (χ0v) is 13.6. The maximum atomic E-state index is 12.1. The zero-order valence-electron chi connectivity index (χ0n) is 13.6. The first kappa shape index (κ1) is 16.1. The highest BCUT2D eigenvalue weighted by Gasteiger charge is 2.14. The van der Waals surface area contributed by atoms with Gasteiger partial charge < -0.3 is 9.47 Å². The number of hydrogen-bond acceptors (Lipinski definition) is 3. The monoisotopic (exact) mass is 298 g/mol. The van der Waals surface area contributed by atoms with Crippen molar-refractivity contribution in [2.45, 2.75) is 40.5 Å². The van der Waals surface area contributed by atoms with Crippen LogP contribution in [0.3, 0.4) is 0 Å². The summed E-state index contributed by atoms with van der Waals surface area (Å²) in [5.74, 6) is 1.14. The molecule has 0 bridgehead atoms. The third-order valence-corrected chi connectivity index (χ3v) is 3.83. The Morgan fingerprint density at radius 3 is 1.59 bits per heavy atom. The van der Waals surface area contributed by atoms with Crippen LogP contribution in [0.25, 0.3) is 0 Å². The van der Waals surface area contributed by atoms with Crippen LogP contribution in [-0.2, 0) is 12.8 Å². The fourth-order valence-corrected chi connectivity index (χ4v) is 2.65.